The first-order valence-corrected chi connectivity index (χ1v) is 30.4. The van der Waals surface area contributed by atoms with Crippen molar-refractivity contribution in [3.63, 3.8) is 0 Å². The molecule has 5 aromatic carbocycles. The first-order valence-electron chi connectivity index (χ1n) is 27.4. The number of ether oxygens (including phenoxy) is 8. The van der Waals surface area contributed by atoms with Crippen LogP contribution < -0.4 is 33.5 Å². The number of carbonyl (C=O) groups excluding carboxylic acids is 5. The Bertz CT molecular complexity index is 3780. The molecule has 9 rings (SSSR count). The van der Waals surface area contributed by atoms with Crippen LogP contribution in [0.25, 0.3) is 11.1 Å². The van der Waals surface area contributed by atoms with Gasteiger partial charge in [0, 0.05) is 39.4 Å². The van der Waals surface area contributed by atoms with Crippen LogP contribution in [0.1, 0.15) is 55.8 Å². The Morgan fingerprint density at radius 1 is 0.614 bits per heavy atom. The quantitative estimate of drug-likeness (QED) is 0.0425. The largest absolute Gasteiger partial charge is 0.504 e. The second-order valence-electron chi connectivity index (χ2n) is 20.0. The monoisotopic (exact) mass is 1250 g/mol. The maximum Gasteiger partial charge on any atom is 0.416 e. The molecule has 88 heavy (non-hydrogen) atoms. The predicted molar refractivity (Wildman–Crippen MR) is 324 cm³/mol. The smallest absolute Gasteiger partial charge is 0.416 e. The van der Waals surface area contributed by atoms with Crippen molar-refractivity contribution < 1.29 is 83.8 Å². The normalized spacial score (nSPS) is 18.0. The molecule has 0 saturated carbocycles. The van der Waals surface area contributed by atoms with Crippen LogP contribution >= 0.6 is 0 Å². The molecular weight excluding hydrogens is 1180 g/mol. The average Bonchev–Trinajstić information content (AvgIpc) is 2.31. The lowest BCUT2D eigenvalue weighted by atomic mass is 9.93. The zero-order valence-corrected chi connectivity index (χ0v) is 51.1. The van der Waals surface area contributed by atoms with Gasteiger partial charge in [-0.1, -0.05) is 86.0 Å². The van der Waals surface area contributed by atoms with Gasteiger partial charge in [-0.25, -0.2) is 45.7 Å². The highest BCUT2D eigenvalue weighted by Crippen LogP contribution is 2.45. The van der Waals surface area contributed by atoms with E-state index in [0.29, 0.717) is 6.42 Å². The molecule has 24 nitrogen and oxygen atoms in total. The predicted octanol–water partition coefficient (Wildman–Crippen LogP) is 7.03. The van der Waals surface area contributed by atoms with Gasteiger partial charge < -0.3 is 52.8 Å². The molecule has 0 radical (unpaired) electrons. The number of benzene rings is 5. The van der Waals surface area contributed by atoms with E-state index in [1.807, 2.05) is 36.4 Å². The molecule has 26 heteroatoms. The van der Waals surface area contributed by atoms with Gasteiger partial charge in [0.25, 0.3) is 11.8 Å². The third-order valence-electron chi connectivity index (χ3n) is 15.1. The van der Waals surface area contributed by atoms with Crippen molar-refractivity contribution in [1.29, 1.82) is 0 Å². The molecule has 466 valence electrons. The van der Waals surface area contributed by atoms with E-state index in [9.17, 15) is 45.9 Å². The first-order chi connectivity index (χ1) is 42.2. The van der Waals surface area contributed by atoms with Crippen LogP contribution in [-0.2, 0) is 61.6 Å². The summed E-state index contributed by atoms with van der Waals surface area (Å²) in [5, 5.41) is 10.5. The number of sulfonamides is 2. The van der Waals surface area contributed by atoms with Crippen molar-refractivity contribution in [1.82, 2.24) is 19.2 Å². The molecule has 0 aromatic heterocycles. The summed E-state index contributed by atoms with van der Waals surface area (Å²) in [6.45, 7) is 7.53. The van der Waals surface area contributed by atoms with Crippen LogP contribution in [0.5, 0.6) is 23.0 Å². The Kier molecular flexibility index (Phi) is 20.8. The second-order valence-corrected chi connectivity index (χ2v) is 23.8. The summed E-state index contributed by atoms with van der Waals surface area (Å²) < 4.78 is 97.8. The maximum atomic E-state index is 14.3. The molecule has 4 atom stereocenters. The molecule has 4 heterocycles. The highest BCUT2D eigenvalue weighted by atomic mass is 32.2. The van der Waals surface area contributed by atoms with Gasteiger partial charge in [-0.15, -0.1) is 0 Å². The Morgan fingerprint density at radius 2 is 1.07 bits per heavy atom. The van der Waals surface area contributed by atoms with Crippen LogP contribution in [0, 0.1) is 0 Å². The topological polar surface area (TPSA) is 285 Å². The molecule has 2 unspecified atom stereocenters. The number of hydrogen-bond donors (Lipinski definition) is 3. The van der Waals surface area contributed by atoms with Crippen LogP contribution in [0.15, 0.2) is 144 Å². The molecule has 0 fully saturated rings. The fourth-order valence-electron chi connectivity index (χ4n) is 10.7. The number of esters is 1. The number of fused-ring (bicyclic) bond motifs is 4. The number of phenolic OH excluding ortho intramolecular Hbond substituents is 1. The molecule has 4 amide bonds. The standard InChI is InChI=1S/C36H39N3O10S.C26H29N3O8S/c1-6-16-48-36(42)39-29-21-32(49-22-24-9-7-8-23(17-24)18-33(40)46-4)31(45-3)20-28(29)34(41)38-15-14-26(19-30(38)35(39)47-5)25-10-12-27(13-11-25)50(43,44)37-2;1-5-12-37-26(32)29-20-15-22(30)23(35-3)14-19(20)24(31)28-11-10-17(13-21(28)25(29)36-4)16-6-8-18(9-7-16)38(33,34)27-2/h6-14,17,20-21,30,35,37H,1,15-16,18-19,22H2,2-5H3;5-10,14-15,21,25,27,30H,1,11-13H2,2-4H3/t30-,35?;21-,25?/m00/s1. The van der Waals surface area contributed by atoms with E-state index in [2.05, 4.69) is 22.6 Å². The SMILES string of the molecule is C=CCOC(=O)N1c2cc(O)c(OC)cc2C(=O)N2CC=C(c3ccc(S(=O)(=O)NC)cc3)C[C@H]2C1OC.C=CCOC(=O)N1c2cc(OCc3cccc(CC(=O)OC)c3)c(OC)cc2C(=O)N2CC=C(c3ccc(S(=O)(=O)NC)cc3)C[C@H]2C1OC. The zero-order valence-electron chi connectivity index (χ0n) is 49.4. The summed E-state index contributed by atoms with van der Waals surface area (Å²) in [6.07, 6.45) is 3.79. The Balaban J connectivity index is 0.000000237. The number of carbonyl (C=O) groups is 5. The molecule has 0 bridgehead atoms. The van der Waals surface area contributed by atoms with Crippen molar-refractivity contribution in [3.8, 4) is 23.0 Å². The zero-order chi connectivity index (χ0) is 63.6. The van der Waals surface area contributed by atoms with Gasteiger partial charge in [-0.2, -0.15) is 0 Å². The van der Waals surface area contributed by atoms with Gasteiger partial charge in [0.1, 0.15) is 19.8 Å². The molecule has 4 aliphatic rings. The van der Waals surface area contributed by atoms with E-state index in [1.54, 1.807) is 40.1 Å². The number of methoxy groups -OCH3 is 5. The Labute approximate surface area is 510 Å². The molecule has 0 saturated heterocycles. The fraction of sp³-hybridized carbons (Fsp3) is 0.306. The van der Waals surface area contributed by atoms with Crippen LogP contribution in [0.4, 0.5) is 21.0 Å². The van der Waals surface area contributed by atoms with E-state index in [0.717, 1.165) is 33.4 Å². The number of nitrogens with one attached hydrogen (secondary N) is 2. The minimum absolute atomic E-state index is 0.0708. The Morgan fingerprint density at radius 3 is 1.50 bits per heavy atom. The lowest BCUT2D eigenvalue weighted by molar-refractivity contribution is -0.139. The van der Waals surface area contributed by atoms with Crippen LogP contribution in [0.3, 0.4) is 0 Å². The van der Waals surface area contributed by atoms with Crippen molar-refractivity contribution in [2.75, 3.05) is 85.7 Å². The summed E-state index contributed by atoms with van der Waals surface area (Å²) in [7, 11) is 2.48. The second kappa shape index (κ2) is 28.2. The number of anilines is 2. The van der Waals surface area contributed by atoms with Crippen LogP contribution in [0.2, 0.25) is 0 Å². The fourth-order valence-corrected chi connectivity index (χ4v) is 12.1. The lowest BCUT2D eigenvalue weighted by Gasteiger charge is -2.40. The molecule has 0 spiro atoms. The number of nitrogens with zero attached hydrogens (tertiary/aromatic N) is 4. The lowest BCUT2D eigenvalue weighted by Crippen LogP contribution is -2.55. The average molecular weight is 1250 g/mol. The molecule has 3 N–H and O–H groups in total. The van der Waals surface area contributed by atoms with Crippen molar-refractivity contribution in [2.24, 2.45) is 0 Å². The maximum absolute atomic E-state index is 14.3. The van der Waals surface area contributed by atoms with Gasteiger partial charge in [0.05, 0.1) is 72.1 Å². The summed E-state index contributed by atoms with van der Waals surface area (Å²) in [4.78, 5) is 72.9. The van der Waals surface area contributed by atoms with Crippen LogP contribution in [-0.4, -0.2) is 162 Å². The van der Waals surface area contributed by atoms with Gasteiger partial charge in [0.2, 0.25) is 20.0 Å². The summed E-state index contributed by atoms with van der Waals surface area (Å²) in [5.74, 6) is -0.775. The third kappa shape index (κ3) is 13.7. The number of aromatic hydroxyl groups is 1. The Hall–Kier alpha value is -9.05. The van der Waals surface area contributed by atoms with Crippen molar-refractivity contribution in [2.45, 2.75) is 60.2 Å². The summed E-state index contributed by atoms with van der Waals surface area (Å²) >= 11 is 0. The molecule has 4 aliphatic heterocycles. The highest BCUT2D eigenvalue weighted by molar-refractivity contribution is 7.89. The van der Waals surface area contributed by atoms with E-state index >= 15 is 0 Å². The van der Waals surface area contributed by atoms with E-state index < -0.39 is 56.8 Å². The number of amides is 4. The van der Waals surface area contributed by atoms with E-state index in [1.165, 1.54) is 114 Å². The molecule has 0 aliphatic carbocycles. The number of rotatable bonds is 19. The van der Waals surface area contributed by atoms with Gasteiger partial charge in [-0.05, 0) is 96.7 Å². The van der Waals surface area contributed by atoms with Crippen molar-refractivity contribution >= 4 is 72.5 Å². The summed E-state index contributed by atoms with van der Waals surface area (Å²) in [5.41, 5.74) is 5.36. The molecular formula is C62H68N6O18S2. The third-order valence-corrected chi connectivity index (χ3v) is 17.9. The van der Waals surface area contributed by atoms with Gasteiger partial charge >= 0.3 is 18.2 Å². The highest BCUT2D eigenvalue weighted by Gasteiger charge is 2.48. The molecule has 5 aromatic rings. The number of hydrogen-bond acceptors (Lipinski definition) is 18. The van der Waals surface area contributed by atoms with Gasteiger partial charge in [0.15, 0.2) is 35.5 Å². The minimum Gasteiger partial charge on any atom is -0.504 e. The van der Waals surface area contributed by atoms with E-state index in [4.69, 9.17) is 37.9 Å². The van der Waals surface area contributed by atoms with E-state index in [-0.39, 0.29) is 119 Å². The van der Waals surface area contributed by atoms with Gasteiger partial charge in [-0.3, -0.25) is 14.4 Å². The first kappa shape index (κ1) is 64.9. The summed E-state index contributed by atoms with van der Waals surface area (Å²) in [6, 6.07) is 24.6. The minimum atomic E-state index is -3.63. The van der Waals surface area contributed by atoms with Crippen molar-refractivity contribution in [3.05, 3.63) is 168 Å². The number of phenols is 1.